The second-order valence-electron chi connectivity index (χ2n) is 8.62. The van der Waals surface area contributed by atoms with Crippen LogP contribution in [0.5, 0.6) is 11.5 Å². The molecule has 0 radical (unpaired) electrons. The van der Waals surface area contributed by atoms with Gasteiger partial charge in [-0.1, -0.05) is 30.3 Å². The summed E-state index contributed by atoms with van der Waals surface area (Å²) < 4.78 is 13.9. The highest BCUT2D eigenvalue weighted by molar-refractivity contribution is 5.97. The van der Waals surface area contributed by atoms with Crippen LogP contribution in [-0.2, 0) is 6.61 Å². The number of anilines is 1. The fourth-order valence-corrected chi connectivity index (χ4v) is 4.51. The molecule has 0 bridgehead atoms. The number of nitrogens with zero attached hydrogens (tertiary/aromatic N) is 4. The van der Waals surface area contributed by atoms with E-state index in [1.807, 2.05) is 90.1 Å². The minimum atomic E-state index is -0.0100. The lowest BCUT2D eigenvalue weighted by Gasteiger charge is -2.36. The molecule has 7 heteroatoms. The molecule has 1 fully saturated rings. The van der Waals surface area contributed by atoms with Crippen LogP contribution >= 0.6 is 0 Å². The van der Waals surface area contributed by atoms with E-state index in [-0.39, 0.29) is 5.91 Å². The highest BCUT2D eigenvalue weighted by Gasteiger charge is 2.25. The number of fused-ring (bicyclic) bond motifs is 1. The molecule has 0 saturated carbocycles. The molecule has 0 unspecified atom stereocenters. The van der Waals surface area contributed by atoms with Gasteiger partial charge in [-0.05, 0) is 49.7 Å². The van der Waals surface area contributed by atoms with Gasteiger partial charge in [-0.25, -0.2) is 4.98 Å². The zero-order valence-corrected chi connectivity index (χ0v) is 20.2. The first kappa shape index (κ1) is 22.8. The maximum Gasteiger partial charge on any atom is 0.257 e. The van der Waals surface area contributed by atoms with Gasteiger partial charge in [0.05, 0.1) is 23.6 Å². The number of hydrogen-bond donors (Lipinski definition) is 0. The number of aryl methyl sites for hydroxylation is 1. The van der Waals surface area contributed by atoms with Crippen molar-refractivity contribution >= 4 is 17.2 Å². The van der Waals surface area contributed by atoms with Crippen molar-refractivity contribution in [1.29, 1.82) is 0 Å². The van der Waals surface area contributed by atoms with E-state index in [0.29, 0.717) is 37.6 Å². The average molecular weight is 471 g/mol. The summed E-state index contributed by atoms with van der Waals surface area (Å²) in [5.41, 5.74) is 4.50. The number of hydrogen-bond acceptors (Lipinski definition) is 5. The Balaban J connectivity index is 1.26. The Kier molecular flexibility index (Phi) is 6.57. The molecule has 4 aromatic rings. The van der Waals surface area contributed by atoms with Gasteiger partial charge in [0.15, 0.2) is 0 Å². The number of benzene rings is 2. The summed E-state index contributed by atoms with van der Waals surface area (Å²) in [5.74, 6) is 1.45. The lowest BCUT2D eigenvalue weighted by atomic mass is 10.1. The molecular weight excluding hydrogens is 440 g/mol. The van der Waals surface area contributed by atoms with Crippen LogP contribution in [0.2, 0.25) is 0 Å². The molecule has 2 aromatic heterocycles. The third-order valence-electron chi connectivity index (χ3n) is 6.29. The Labute approximate surface area is 205 Å². The van der Waals surface area contributed by atoms with Gasteiger partial charge in [0.25, 0.3) is 5.91 Å². The lowest BCUT2D eigenvalue weighted by Crippen LogP contribution is -2.49. The maximum atomic E-state index is 13.4. The predicted octanol–water partition coefficient (Wildman–Crippen LogP) is 4.58. The molecule has 0 N–H and O–H groups in total. The summed E-state index contributed by atoms with van der Waals surface area (Å²) in [6.07, 6.45) is 3.94. The Morgan fingerprint density at radius 2 is 1.66 bits per heavy atom. The Morgan fingerprint density at radius 1 is 0.914 bits per heavy atom. The van der Waals surface area contributed by atoms with Crippen LogP contribution in [0.25, 0.3) is 5.65 Å². The van der Waals surface area contributed by atoms with Crippen molar-refractivity contribution in [2.75, 3.05) is 37.7 Å². The van der Waals surface area contributed by atoms with E-state index in [2.05, 4.69) is 16.0 Å². The molecule has 180 valence electrons. The standard InChI is InChI=1S/C28H30N4O3/c1-3-34-26-13-7-5-11-24(26)30-15-17-31(18-16-30)28(33)23-10-4-6-12-25(23)35-20-22-19-32-14-8-9-21(2)27(32)29-22/h4-14,19H,3,15-18,20H2,1-2H3. The van der Waals surface area contributed by atoms with Crippen molar-refractivity contribution in [3.8, 4) is 11.5 Å². The van der Waals surface area contributed by atoms with Gasteiger partial charge in [0, 0.05) is 38.6 Å². The smallest absolute Gasteiger partial charge is 0.257 e. The number of imidazole rings is 1. The fourth-order valence-electron chi connectivity index (χ4n) is 4.51. The van der Waals surface area contributed by atoms with Gasteiger partial charge >= 0.3 is 0 Å². The van der Waals surface area contributed by atoms with E-state index in [1.54, 1.807) is 0 Å². The number of ether oxygens (including phenoxy) is 2. The second-order valence-corrected chi connectivity index (χ2v) is 8.62. The third-order valence-corrected chi connectivity index (χ3v) is 6.29. The van der Waals surface area contributed by atoms with E-state index >= 15 is 0 Å². The SMILES string of the molecule is CCOc1ccccc1N1CCN(C(=O)c2ccccc2OCc2cn3cccc(C)c3n2)CC1. The molecule has 1 amide bonds. The van der Waals surface area contributed by atoms with Crippen molar-refractivity contribution in [3.05, 3.63) is 89.9 Å². The van der Waals surface area contributed by atoms with Crippen LogP contribution in [0.4, 0.5) is 5.69 Å². The lowest BCUT2D eigenvalue weighted by molar-refractivity contribution is 0.0741. The van der Waals surface area contributed by atoms with E-state index < -0.39 is 0 Å². The molecule has 1 aliphatic rings. The molecule has 1 aliphatic heterocycles. The molecule has 0 spiro atoms. The zero-order valence-electron chi connectivity index (χ0n) is 20.2. The van der Waals surface area contributed by atoms with Crippen LogP contribution in [-0.4, -0.2) is 53.0 Å². The Bertz CT molecular complexity index is 1320. The van der Waals surface area contributed by atoms with Crippen LogP contribution in [0.3, 0.4) is 0 Å². The summed E-state index contributed by atoms with van der Waals surface area (Å²) in [5, 5.41) is 0. The topological polar surface area (TPSA) is 59.3 Å². The summed E-state index contributed by atoms with van der Waals surface area (Å²) in [6, 6.07) is 19.6. The molecule has 1 saturated heterocycles. The van der Waals surface area contributed by atoms with Gasteiger partial charge in [-0.3, -0.25) is 4.79 Å². The van der Waals surface area contributed by atoms with Crippen LogP contribution in [0.1, 0.15) is 28.5 Å². The highest BCUT2D eigenvalue weighted by Crippen LogP contribution is 2.29. The van der Waals surface area contributed by atoms with Crippen LogP contribution in [0.15, 0.2) is 73.1 Å². The largest absolute Gasteiger partial charge is 0.492 e. The molecule has 0 aliphatic carbocycles. The second kappa shape index (κ2) is 10.1. The van der Waals surface area contributed by atoms with Crippen molar-refractivity contribution < 1.29 is 14.3 Å². The minimum absolute atomic E-state index is 0.0100. The monoisotopic (exact) mass is 470 g/mol. The first-order valence-corrected chi connectivity index (χ1v) is 12.0. The molecule has 3 heterocycles. The van der Waals surface area contributed by atoms with E-state index in [9.17, 15) is 4.79 Å². The van der Waals surface area contributed by atoms with E-state index in [4.69, 9.17) is 9.47 Å². The first-order valence-electron chi connectivity index (χ1n) is 12.0. The number of carbonyl (C=O) groups is 1. The maximum absolute atomic E-state index is 13.4. The van der Waals surface area contributed by atoms with E-state index in [0.717, 1.165) is 41.4 Å². The molecule has 7 nitrogen and oxygen atoms in total. The molecule has 2 aromatic carbocycles. The third kappa shape index (κ3) is 4.80. The van der Waals surface area contributed by atoms with Crippen molar-refractivity contribution in [1.82, 2.24) is 14.3 Å². The number of amides is 1. The average Bonchev–Trinajstić information content (AvgIpc) is 3.33. The van der Waals surface area contributed by atoms with Crippen LogP contribution in [0, 0.1) is 6.92 Å². The molecular formula is C28H30N4O3. The van der Waals surface area contributed by atoms with Gasteiger partial charge < -0.3 is 23.7 Å². The number of carbonyl (C=O) groups excluding carboxylic acids is 1. The Morgan fingerprint density at radius 3 is 2.43 bits per heavy atom. The summed E-state index contributed by atoms with van der Waals surface area (Å²) in [6.45, 7) is 7.73. The minimum Gasteiger partial charge on any atom is -0.492 e. The quantitative estimate of drug-likeness (QED) is 0.396. The first-order chi connectivity index (χ1) is 17.1. The van der Waals surface area contributed by atoms with Gasteiger partial charge in [-0.15, -0.1) is 0 Å². The van der Waals surface area contributed by atoms with E-state index in [1.165, 1.54) is 0 Å². The van der Waals surface area contributed by atoms with Crippen molar-refractivity contribution in [2.24, 2.45) is 0 Å². The molecule has 0 atom stereocenters. The normalized spacial score (nSPS) is 13.8. The van der Waals surface area contributed by atoms with Gasteiger partial charge in [0.1, 0.15) is 23.8 Å². The predicted molar refractivity (Wildman–Crippen MR) is 136 cm³/mol. The van der Waals surface area contributed by atoms with Crippen molar-refractivity contribution in [3.63, 3.8) is 0 Å². The summed E-state index contributed by atoms with van der Waals surface area (Å²) in [7, 11) is 0. The zero-order chi connectivity index (χ0) is 24.2. The number of pyridine rings is 1. The van der Waals surface area contributed by atoms with Crippen LogP contribution < -0.4 is 14.4 Å². The summed E-state index contributed by atoms with van der Waals surface area (Å²) in [4.78, 5) is 22.3. The number of piperazine rings is 1. The van der Waals surface area contributed by atoms with Crippen molar-refractivity contribution in [2.45, 2.75) is 20.5 Å². The summed E-state index contributed by atoms with van der Waals surface area (Å²) >= 11 is 0. The molecule has 35 heavy (non-hydrogen) atoms. The van der Waals surface area contributed by atoms with Gasteiger partial charge in [-0.2, -0.15) is 0 Å². The molecule has 5 rings (SSSR count). The number of aromatic nitrogens is 2. The number of rotatable bonds is 7. The Hall–Kier alpha value is -4.00. The number of para-hydroxylation sites is 3. The van der Waals surface area contributed by atoms with Gasteiger partial charge in [0.2, 0.25) is 0 Å². The fraction of sp³-hybridized carbons (Fsp3) is 0.286. The highest BCUT2D eigenvalue weighted by atomic mass is 16.5.